The van der Waals surface area contributed by atoms with Gasteiger partial charge in [0.25, 0.3) is 5.89 Å². The van der Waals surface area contributed by atoms with Crippen LogP contribution in [0.15, 0.2) is 33.8 Å². The van der Waals surface area contributed by atoms with Gasteiger partial charge in [-0.05, 0) is 12.0 Å². The first-order valence-corrected chi connectivity index (χ1v) is 7.41. The number of aromatic nitrogens is 4. The van der Waals surface area contributed by atoms with Gasteiger partial charge in [0.15, 0.2) is 0 Å². The smallest absolute Gasteiger partial charge is 0.269 e. The van der Waals surface area contributed by atoms with Crippen LogP contribution in [0.1, 0.15) is 18.9 Å². The van der Waals surface area contributed by atoms with Crippen molar-refractivity contribution in [3.63, 3.8) is 0 Å². The molecule has 0 unspecified atom stereocenters. The average molecular weight is 302 g/mol. The zero-order chi connectivity index (χ0) is 14.8. The summed E-state index contributed by atoms with van der Waals surface area (Å²) in [4.78, 5) is 23.4. The normalized spacial score (nSPS) is 11.2. The maximum absolute atomic E-state index is 11.3. The number of aromatic amines is 1. The van der Waals surface area contributed by atoms with Crippen molar-refractivity contribution in [3.8, 4) is 22.2 Å². The van der Waals surface area contributed by atoms with Crippen LogP contribution in [-0.2, 0) is 6.42 Å². The van der Waals surface area contributed by atoms with Gasteiger partial charge in [-0.2, -0.15) is 4.98 Å². The van der Waals surface area contributed by atoms with Crippen molar-refractivity contribution >= 4 is 11.3 Å². The Morgan fingerprint density at radius 2 is 2.29 bits per heavy atom. The summed E-state index contributed by atoms with van der Waals surface area (Å²) < 4.78 is 5.26. The standard InChI is InChI=1S/C14H14N4O2S/c1-8(2)5-12-16-7-10(21-12)14-17-13(18-20-14)9-3-4-15-11(19)6-9/h3-4,6-8H,5H2,1-2H3,(H,15,19). The largest absolute Gasteiger partial charge is 0.333 e. The third kappa shape index (κ3) is 3.08. The lowest BCUT2D eigenvalue weighted by atomic mass is 10.1. The molecule has 0 radical (unpaired) electrons. The number of nitrogens with zero attached hydrogens (tertiary/aromatic N) is 3. The lowest BCUT2D eigenvalue weighted by Gasteiger charge is -1.97. The Hall–Kier alpha value is -2.28. The summed E-state index contributed by atoms with van der Waals surface area (Å²) in [6.07, 6.45) is 4.23. The molecular weight excluding hydrogens is 288 g/mol. The van der Waals surface area contributed by atoms with Gasteiger partial charge in [0.1, 0.15) is 4.88 Å². The zero-order valence-electron chi connectivity index (χ0n) is 11.7. The second-order valence-corrected chi connectivity index (χ2v) is 6.20. The lowest BCUT2D eigenvalue weighted by molar-refractivity contribution is 0.433. The fourth-order valence-corrected chi connectivity index (χ4v) is 2.93. The molecule has 7 heteroatoms. The van der Waals surface area contributed by atoms with Gasteiger partial charge in [0.2, 0.25) is 11.4 Å². The maximum atomic E-state index is 11.3. The molecule has 3 rings (SSSR count). The van der Waals surface area contributed by atoms with Crippen molar-refractivity contribution in [2.75, 3.05) is 0 Å². The molecule has 0 aliphatic rings. The molecule has 0 bridgehead atoms. The number of hydrogen-bond donors (Lipinski definition) is 1. The van der Waals surface area contributed by atoms with E-state index in [2.05, 4.69) is 34.0 Å². The van der Waals surface area contributed by atoms with E-state index in [0.717, 1.165) is 16.3 Å². The summed E-state index contributed by atoms with van der Waals surface area (Å²) in [5.41, 5.74) is 0.427. The average Bonchev–Trinajstić information content (AvgIpc) is 3.06. The van der Waals surface area contributed by atoms with Crippen LogP contribution in [0.5, 0.6) is 0 Å². The third-order valence-electron chi connectivity index (χ3n) is 2.81. The van der Waals surface area contributed by atoms with Crippen LogP contribution in [0.3, 0.4) is 0 Å². The van der Waals surface area contributed by atoms with Crippen molar-refractivity contribution in [2.24, 2.45) is 5.92 Å². The highest BCUT2D eigenvalue weighted by Crippen LogP contribution is 2.27. The highest BCUT2D eigenvalue weighted by atomic mass is 32.1. The van der Waals surface area contributed by atoms with Crippen molar-refractivity contribution in [2.45, 2.75) is 20.3 Å². The second-order valence-electron chi connectivity index (χ2n) is 5.08. The predicted molar refractivity (Wildman–Crippen MR) is 80.0 cm³/mol. The molecule has 21 heavy (non-hydrogen) atoms. The number of rotatable bonds is 4. The molecule has 0 spiro atoms. The third-order valence-corrected chi connectivity index (χ3v) is 3.81. The van der Waals surface area contributed by atoms with Crippen LogP contribution < -0.4 is 5.56 Å². The van der Waals surface area contributed by atoms with Gasteiger partial charge in [-0.3, -0.25) is 4.79 Å². The van der Waals surface area contributed by atoms with Gasteiger partial charge in [0, 0.05) is 24.2 Å². The van der Waals surface area contributed by atoms with Gasteiger partial charge in [-0.1, -0.05) is 19.0 Å². The molecule has 0 saturated carbocycles. The number of hydrogen-bond acceptors (Lipinski definition) is 6. The number of nitrogens with one attached hydrogen (secondary N) is 1. The first-order chi connectivity index (χ1) is 10.1. The molecule has 6 nitrogen and oxygen atoms in total. The second kappa shape index (κ2) is 5.61. The Bertz CT molecular complexity index is 803. The lowest BCUT2D eigenvalue weighted by Crippen LogP contribution is -2.02. The van der Waals surface area contributed by atoms with Crippen LogP contribution in [0.4, 0.5) is 0 Å². The molecule has 3 aromatic rings. The zero-order valence-corrected chi connectivity index (χ0v) is 12.5. The van der Waals surface area contributed by atoms with Crippen molar-refractivity contribution in [3.05, 3.63) is 39.9 Å². The summed E-state index contributed by atoms with van der Waals surface area (Å²) in [6.45, 7) is 4.30. The monoisotopic (exact) mass is 302 g/mol. The Morgan fingerprint density at radius 1 is 1.43 bits per heavy atom. The molecule has 0 amide bonds. The van der Waals surface area contributed by atoms with Crippen LogP contribution in [0.2, 0.25) is 0 Å². The van der Waals surface area contributed by atoms with Gasteiger partial charge < -0.3 is 9.51 Å². The highest BCUT2D eigenvalue weighted by Gasteiger charge is 2.14. The van der Waals surface area contributed by atoms with Crippen molar-refractivity contribution in [1.82, 2.24) is 20.1 Å². The van der Waals surface area contributed by atoms with E-state index in [1.165, 1.54) is 6.07 Å². The highest BCUT2D eigenvalue weighted by molar-refractivity contribution is 7.15. The summed E-state index contributed by atoms with van der Waals surface area (Å²) in [6, 6.07) is 3.17. The van der Waals surface area contributed by atoms with Gasteiger partial charge in [-0.25, -0.2) is 4.98 Å². The molecule has 3 aromatic heterocycles. The molecule has 1 N–H and O–H groups in total. The fraction of sp³-hybridized carbons (Fsp3) is 0.286. The summed E-state index contributed by atoms with van der Waals surface area (Å²) in [5, 5.41) is 4.97. The maximum Gasteiger partial charge on any atom is 0.269 e. The van der Waals surface area contributed by atoms with Crippen LogP contribution in [0.25, 0.3) is 22.2 Å². The fourth-order valence-electron chi connectivity index (χ4n) is 1.88. The van der Waals surface area contributed by atoms with E-state index in [0.29, 0.717) is 23.2 Å². The van der Waals surface area contributed by atoms with Crippen LogP contribution in [-0.4, -0.2) is 20.1 Å². The number of thiazole rings is 1. The minimum atomic E-state index is -0.198. The molecular formula is C14H14N4O2S. The van der Waals surface area contributed by atoms with Gasteiger partial charge >= 0.3 is 0 Å². The first kappa shape index (κ1) is 13.7. The van der Waals surface area contributed by atoms with Crippen LogP contribution in [0, 0.1) is 5.92 Å². The molecule has 0 fully saturated rings. The van der Waals surface area contributed by atoms with E-state index in [1.807, 2.05) is 0 Å². The molecule has 0 aromatic carbocycles. The van der Waals surface area contributed by atoms with E-state index in [9.17, 15) is 4.79 Å². The van der Waals surface area contributed by atoms with Gasteiger partial charge in [-0.15, -0.1) is 11.3 Å². The summed E-state index contributed by atoms with van der Waals surface area (Å²) >= 11 is 1.55. The van der Waals surface area contributed by atoms with Gasteiger partial charge in [0.05, 0.1) is 11.2 Å². The first-order valence-electron chi connectivity index (χ1n) is 6.59. The molecule has 0 aliphatic carbocycles. The van der Waals surface area contributed by atoms with E-state index in [-0.39, 0.29) is 5.56 Å². The van der Waals surface area contributed by atoms with E-state index in [1.54, 1.807) is 29.8 Å². The topological polar surface area (TPSA) is 84.7 Å². The minimum Gasteiger partial charge on any atom is -0.333 e. The summed E-state index contributed by atoms with van der Waals surface area (Å²) in [5.74, 6) is 1.38. The molecule has 0 aliphatic heterocycles. The Labute approximate surface area is 124 Å². The SMILES string of the molecule is CC(C)Cc1ncc(-c2nc(-c3cc[nH]c(=O)c3)no2)s1. The molecule has 3 heterocycles. The molecule has 108 valence electrons. The Kier molecular flexibility index (Phi) is 3.66. The minimum absolute atomic E-state index is 0.198. The number of pyridine rings is 1. The molecule has 0 saturated heterocycles. The van der Waals surface area contributed by atoms with Crippen molar-refractivity contribution < 1.29 is 4.52 Å². The van der Waals surface area contributed by atoms with E-state index >= 15 is 0 Å². The predicted octanol–water partition coefficient (Wildman–Crippen LogP) is 2.75. The Morgan fingerprint density at radius 3 is 3.05 bits per heavy atom. The number of H-pyrrole nitrogens is 1. The van der Waals surface area contributed by atoms with Crippen molar-refractivity contribution in [1.29, 1.82) is 0 Å². The van der Waals surface area contributed by atoms with E-state index < -0.39 is 0 Å². The summed E-state index contributed by atoms with van der Waals surface area (Å²) in [7, 11) is 0. The van der Waals surface area contributed by atoms with Crippen LogP contribution >= 0.6 is 11.3 Å². The van der Waals surface area contributed by atoms with E-state index in [4.69, 9.17) is 4.52 Å². The Balaban J connectivity index is 1.88. The molecule has 0 atom stereocenters. The quantitative estimate of drug-likeness (QED) is 0.801.